The highest BCUT2D eigenvalue weighted by molar-refractivity contribution is 4.94. The van der Waals surface area contributed by atoms with Gasteiger partial charge in [0.25, 0.3) is 0 Å². The van der Waals surface area contributed by atoms with Gasteiger partial charge < -0.3 is 10.3 Å². The molecule has 13 heavy (non-hydrogen) atoms. The predicted octanol–water partition coefficient (Wildman–Crippen LogP) is 1.60. The van der Waals surface area contributed by atoms with E-state index in [4.69, 9.17) is 10.3 Å². The summed E-state index contributed by atoms with van der Waals surface area (Å²) in [6.45, 7) is 5.67. The maximum absolute atomic E-state index is 5.75. The van der Waals surface area contributed by atoms with E-state index >= 15 is 0 Å². The number of hydrogen-bond donors (Lipinski definition) is 1. The molecule has 72 valence electrons. The molecule has 0 aliphatic heterocycles. The molecule has 0 radical (unpaired) electrons. The van der Waals surface area contributed by atoms with Gasteiger partial charge in [-0.1, -0.05) is 18.2 Å². The van der Waals surface area contributed by atoms with Crippen molar-refractivity contribution in [3.8, 4) is 0 Å². The van der Waals surface area contributed by atoms with E-state index in [0.29, 0.717) is 12.3 Å². The van der Waals surface area contributed by atoms with E-state index in [0.717, 1.165) is 18.7 Å². The summed E-state index contributed by atoms with van der Waals surface area (Å²) in [4.78, 5) is 4.17. The molecule has 4 heteroatoms. The van der Waals surface area contributed by atoms with Crippen molar-refractivity contribution in [2.75, 3.05) is 0 Å². The van der Waals surface area contributed by atoms with Crippen molar-refractivity contribution in [2.45, 2.75) is 32.2 Å². The van der Waals surface area contributed by atoms with E-state index in [1.54, 1.807) is 6.08 Å². The smallest absolute Gasteiger partial charge is 0.243 e. The first-order chi connectivity index (χ1) is 6.27. The van der Waals surface area contributed by atoms with Gasteiger partial charge in [-0.05, 0) is 12.8 Å². The molecule has 1 rings (SSSR count). The van der Waals surface area contributed by atoms with E-state index < -0.39 is 0 Å². The van der Waals surface area contributed by atoms with Gasteiger partial charge in [-0.3, -0.25) is 0 Å². The second kappa shape index (κ2) is 4.77. The van der Waals surface area contributed by atoms with Crippen molar-refractivity contribution in [1.82, 2.24) is 10.1 Å². The summed E-state index contributed by atoms with van der Waals surface area (Å²) >= 11 is 0. The molecular formula is C9H15N3O. The second-order valence-electron chi connectivity index (χ2n) is 2.93. The summed E-state index contributed by atoms with van der Waals surface area (Å²) in [6.07, 6.45) is 4.25. The Balaban J connectivity index is 2.61. The Hall–Kier alpha value is -1.16. The summed E-state index contributed by atoms with van der Waals surface area (Å²) in [5.41, 5.74) is 5.75. The standard InChI is InChI=1S/C9H15N3O/c1-3-5-7(10)9-11-8(6-4-2)12-13-9/h3,7H,1,4-6,10H2,2H3. The first kappa shape index (κ1) is 9.92. The van der Waals surface area contributed by atoms with Crippen molar-refractivity contribution < 1.29 is 4.52 Å². The summed E-state index contributed by atoms with van der Waals surface area (Å²) in [5.74, 6) is 1.24. The zero-order valence-electron chi connectivity index (χ0n) is 7.86. The van der Waals surface area contributed by atoms with Crippen molar-refractivity contribution in [3.05, 3.63) is 24.4 Å². The molecule has 1 aromatic rings. The number of aromatic nitrogens is 2. The normalized spacial score (nSPS) is 12.8. The molecule has 2 N–H and O–H groups in total. The van der Waals surface area contributed by atoms with Gasteiger partial charge in [0.05, 0.1) is 6.04 Å². The summed E-state index contributed by atoms with van der Waals surface area (Å²) < 4.78 is 5.00. The highest BCUT2D eigenvalue weighted by Gasteiger charge is 2.12. The number of hydrogen-bond acceptors (Lipinski definition) is 4. The lowest BCUT2D eigenvalue weighted by atomic mass is 10.2. The van der Waals surface area contributed by atoms with Gasteiger partial charge >= 0.3 is 0 Å². The first-order valence-corrected chi connectivity index (χ1v) is 4.46. The molecule has 0 amide bonds. The van der Waals surface area contributed by atoms with Crippen LogP contribution in [0.15, 0.2) is 17.2 Å². The van der Waals surface area contributed by atoms with E-state index in [-0.39, 0.29) is 6.04 Å². The highest BCUT2D eigenvalue weighted by Crippen LogP contribution is 2.11. The molecular weight excluding hydrogens is 166 g/mol. The number of nitrogens with zero attached hydrogens (tertiary/aromatic N) is 2. The molecule has 1 aromatic heterocycles. The van der Waals surface area contributed by atoms with Gasteiger partial charge in [0, 0.05) is 6.42 Å². The van der Waals surface area contributed by atoms with Gasteiger partial charge in [0.15, 0.2) is 5.82 Å². The van der Waals surface area contributed by atoms with Crippen LogP contribution in [0.2, 0.25) is 0 Å². The Morgan fingerprint density at radius 3 is 3.08 bits per heavy atom. The minimum absolute atomic E-state index is 0.212. The van der Waals surface area contributed by atoms with Crippen molar-refractivity contribution in [2.24, 2.45) is 5.73 Å². The number of rotatable bonds is 5. The summed E-state index contributed by atoms with van der Waals surface area (Å²) in [5, 5.41) is 3.81. The van der Waals surface area contributed by atoms with Crippen LogP contribution in [-0.2, 0) is 6.42 Å². The molecule has 0 spiro atoms. The van der Waals surface area contributed by atoms with Crippen LogP contribution in [0.1, 0.15) is 37.5 Å². The topological polar surface area (TPSA) is 64.9 Å². The zero-order chi connectivity index (χ0) is 9.68. The minimum atomic E-state index is -0.212. The van der Waals surface area contributed by atoms with Crippen LogP contribution in [0.5, 0.6) is 0 Å². The Kier molecular flexibility index (Phi) is 3.64. The van der Waals surface area contributed by atoms with Gasteiger partial charge in [-0.15, -0.1) is 6.58 Å². The SMILES string of the molecule is C=CCC(N)c1nc(CCC)no1. The molecule has 4 nitrogen and oxygen atoms in total. The van der Waals surface area contributed by atoms with E-state index in [1.165, 1.54) is 0 Å². The number of nitrogens with two attached hydrogens (primary N) is 1. The van der Waals surface area contributed by atoms with E-state index in [2.05, 4.69) is 23.6 Å². The monoisotopic (exact) mass is 181 g/mol. The Labute approximate surface area is 77.8 Å². The van der Waals surface area contributed by atoms with Crippen molar-refractivity contribution >= 4 is 0 Å². The third-order valence-corrected chi connectivity index (χ3v) is 1.70. The fraction of sp³-hybridized carbons (Fsp3) is 0.556. The predicted molar refractivity (Wildman–Crippen MR) is 50.0 cm³/mol. The average Bonchev–Trinajstić information content (AvgIpc) is 2.54. The molecule has 0 aliphatic carbocycles. The maximum atomic E-state index is 5.75. The third kappa shape index (κ3) is 2.66. The number of aryl methyl sites for hydroxylation is 1. The molecule has 0 aromatic carbocycles. The fourth-order valence-corrected chi connectivity index (χ4v) is 1.02. The molecule has 1 atom stereocenters. The van der Waals surface area contributed by atoms with Gasteiger partial charge in [0.2, 0.25) is 5.89 Å². The van der Waals surface area contributed by atoms with Crippen LogP contribution >= 0.6 is 0 Å². The highest BCUT2D eigenvalue weighted by atomic mass is 16.5. The largest absolute Gasteiger partial charge is 0.338 e. The zero-order valence-corrected chi connectivity index (χ0v) is 7.86. The van der Waals surface area contributed by atoms with Gasteiger partial charge in [-0.2, -0.15) is 4.98 Å². The van der Waals surface area contributed by atoms with Crippen LogP contribution in [0.3, 0.4) is 0 Å². The average molecular weight is 181 g/mol. The maximum Gasteiger partial charge on any atom is 0.243 e. The fourth-order valence-electron chi connectivity index (χ4n) is 1.02. The molecule has 0 aliphatic rings. The van der Waals surface area contributed by atoms with Gasteiger partial charge in [0.1, 0.15) is 0 Å². The minimum Gasteiger partial charge on any atom is -0.338 e. The Bertz CT molecular complexity index is 270. The second-order valence-corrected chi connectivity index (χ2v) is 2.93. The quantitative estimate of drug-likeness (QED) is 0.701. The molecule has 0 bridgehead atoms. The van der Waals surface area contributed by atoms with Crippen molar-refractivity contribution in [3.63, 3.8) is 0 Å². The molecule has 1 unspecified atom stereocenters. The van der Waals surface area contributed by atoms with Crippen LogP contribution in [-0.4, -0.2) is 10.1 Å². The third-order valence-electron chi connectivity index (χ3n) is 1.70. The molecule has 1 heterocycles. The first-order valence-electron chi connectivity index (χ1n) is 4.46. The summed E-state index contributed by atoms with van der Waals surface area (Å²) in [6, 6.07) is -0.212. The lowest BCUT2D eigenvalue weighted by Crippen LogP contribution is -2.09. The molecule has 0 saturated carbocycles. The summed E-state index contributed by atoms with van der Waals surface area (Å²) in [7, 11) is 0. The lowest BCUT2D eigenvalue weighted by Gasteiger charge is -1.99. The molecule has 0 saturated heterocycles. The van der Waals surface area contributed by atoms with Crippen molar-refractivity contribution in [1.29, 1.82) is 0 Å². The van der Waals surface area contributed by atoms with Crippen LogP contribution < -0.4 is 5.73 Å². The van der Waals surface area contributed by atoms with Crippen LogP contribution in [0.25, 0.3) is 0 Å². The Morgan fingerprint density at radius 2 is 2.46 bits per heavy atom. The van der Waals surface area contributed by atoms with Crippen LogP contribution in [0.4, 0.5) is 0 Å². The van der Waals surface area contributed by atoms with E-state index in [9.17, 15) is 0 Å². The Morgan fingerprint density at radius 1 is 1.69 bits per heavy atom. The molecule has 0 fully saturated rings. The van der Waals surface area contributed by atoms with Crippen LogP contribution in [0, 0.1) is 0 Å². The van der Waals surface area contributed by atoms with E-state index in [1.807, 2.05) is 0 Å². The lowest BCUT2D eigenvalue weighted by molar-refractivity contribution is 0.351. The van der Waals surface area contributed by atoms with Gasteiger partial charge in [-0.25, -0.2) is 0 Å².